The van der Waals surface area contributed by atoms with Gasteiger partial charge in [-0.05, 0) is 26.7 Å². The number of carbonyl (C=O) groups is 1. The molecule has 0 bridgehead atoms. The minimum absolute atomic E-state index is 0.0263. The largest absolute Gasteiger partial charge is 0.325 e. The topological polar surface area (TPSA) is 47.3 Å². The van der Waals surface area contributed by atoms with Crippen molar-refractivity contribution in [2.75, 3.05) is 19.6 Å². The van der Waals surface area contributed by atoms with Crippen LogP contribution in [-0.2, 0) is 0 Å². The zero-order chi connectivity index (χ0) is 12.0. The van der Waals surface area contributed by atoms with Crippen LogP contribution in [-0.4, -0.2) is 41.5 Å². The summed E-state index contributed by atoms with van der Waals surface area (Å²) in [6, 6.07) is 2.18. The van der Waals surface area contributed by atoms with E-state index in [1.165, 1.54) is 12.8 Å². The molecular weight excluding hydrogens is 202 g/mol. The second-order valence-electron chi connectivity index (χ2n) is 4.56. The van der Waals surface area contributed by atoms with Gasteiger partial charge in [0, 0.05) is 19.1 Å². The summed E-state index contributed by atoms with van der Waals surface area (Å²) in [4.78, 5) is 15.7. The van der Waals surface area contributed by atoms with E-state index in [-0.39, 0.29) is 18.6 Å². The number of hydrogen-bond acceptors (Lipinski definition) is 2. The van der Waals surface area contributed by atoms with Crippen molar-refractivity contribution in [2.24, 2.45) is 0 Å². The standard InChI is InChI=1S/C12H21N3O/c1-11(2)15(10-7-13)12(16)14-8-5-3-4-6-9-14/h11H,3-6,8-10H2,1-2H3. The van der Waals surface area contributed by atoms with Crippen molar-refractivity contribution in [1.29, 1.82) is 5.26 Å². The van der Waals surface area contributed by atoms with Crippen molar-refractivity contribution in [3.05, 3.63) is 0 Å². The van der Waals surface area contributed by atoms with Crippen LogP contribution < -0.4 is 0 Å². The summed E-state index contributed by atoms with van der Waals surface area (Å²) in [6.07, 6.45) is 4.60. The first-order chi connectivity index (χ1) is 7.66. The first-order valence-electron chi connectivity index (χ1n) is 6.09. The number of urea groups is 1. The van der Waals surface area contributed by atoms with Crippen LogP contribution >= 0.6 is 0 Å². The molecule has 0 unspecified atom stereocenters. The van der Waals surface area contributed by atoms with Crippen molar-refractivity contribution < 1.29 is 4.79 Å². The molecule has 0 spiro atoms. The van der Waals surface area contributed by atoms with Gasteiger partial charge in [-0.3, -0.25) is 0 Å². The fourth-order valence-corrected chi connectivity index (χ4v) is 1.99. The summed E-state index contributed by atoms with van der Waals surface area (Å²) in [5, 5.41) is 8.73. The van der Waals surface area contributed by atoms with Crippen LogP contribution in [0.3, 0.4) is 0 Å². The minimum Gasteiger partial charge on any atom is -0.325 e. The summed E-state index contributed by atoms with van der Waals surface area (Å²) in [7, 11) is 0. The van der Waals surface area contributed by atoms with Gasteiger partial charge in [-0.25, -0.2) is 4.79 Å². The maximum absolute atomic E-state index is 12.2. The minimum atomic E-state index is 0.0263. The molecule has 0 aliphatic carbocycles. The van der Waals surface area contributed by atoms with Gasteiger partial charge in [-0.2, -0.15) is 5.26 Å². The normalized spacial score (nSPS) is 16.8. The van der Waals surface area contributed by atoms with E-state index in [1.54, 1.807) is 4.90 Å². The first-order valence-corrected chi connectivity index (χ1v) is 6.09. The van der Waals surface area contributed by atoms with E-state index in [0.29, 0.717) is 0 Å². The summed E-state index contributed by atoms with van der Waals surface area (Å²) in [5.41, 5.74) is 0. The average molecular weight is 223 g/mol. The number of hydrogen-bond donors (Lipinski definition) is 0. The summed E-state index contributed by atoms with van der Waals surface area (Å²) >= 11 is 0. The lowest BCUT2D eigenvalue weighted by Gasteiger charge is -2.30. The number of nitrogens with zero attached hydrogens (tertiary/aromatic N) is 3. The molecule has 1 aliphatic rings. The van der Waals surface area contributed by atoms with Crippen molar-refractivity contribution in [2.45, 2.75) is 45.6 Å². The average Bonchev–Trinajstić information content (AvgIpc) is 2.53. The third-order valence-electron chi connectivity index (χ3n) is 2.99. The van der Waals surface area contributed by atoms with E-state index in [0.717, 1.165) is 25.9 Å². The molecule has 16 heavy (non-hydrogen) atoms. The fourth-order valence-electron chi connectivity index (χ4n) is 1.99. The van der Waals surface area contributed by atoms with Gasteiger partial charge < -0.3 is 9.80 Å². The van der Waals surface area contributed by atoms with E-state index in [2.05, 4.69) is 6.07 Å². The van der Waals surface area contributed by atoms with Crippen LogP contribution in [0.4, 0.5) is 4.79 Å². The van der Waals surface area contributed by atoms with Gasteiger partial charge >= 0.3 is 6.03 Å². The molecule has 1 rings (SSSR count). The SMILES string of the molecule is CC(C)N(CC#N)C(=O)N1CCCCCC1. The predicted molar refractivity (Wildman–Crippen MR) is 62.9 cm³/mol. The molecule has 4 heteroatoms. The Morgan fingerprint density at radius 2 is 1.88 bits per heavy atom. The zero-order valence-corrected chi connectivity index (χ0v) is 10.3. The van der Waals surface area contributed by atoms with Gasteiger partial charge in [0.15, 0.2) is 0 Å². The highest BCUT2D eigenvalue weighted by molar-refractivity contribution is 5.75. The van der Waals surface area contributed by atoms with E-state index < -0.39 is 0 Å². The van der Waals surface area contributed by atoms with Gasteiger partial charge in [-0.1, -0.05) is 12.8 Å². The van der Waals surface area contributed by atoms with Crippen LogP contribution in [0.2, 0.25) is 0 Å². The molecule has 0 N–H and O–H groups in total. The van der Waals surface area contributed by atoms with Crippen LogP contribution in [0, 0.1) is 11.3 Å². The Morgan fingerprint density at radius 1 is 1.31 bits per heavy atom. The van der Waals surface area contributed by atoms with Crippen LogP contribution in [0.5, 0.6) is 0 Å². The second kappa shape index (κ2) is 6.37. The molecule has 1 saturated heterocycles. The van der Waals surface area contributed by atoms with Gasteiger partial charge in [0.05, 0.1) is 6.07 Å². The second-order valence-corrected chi connectivity index (χ2v) is 4.56. The molecule has 0 aromatic heterocycles. The number of likely N-dealkylation sites (tertiary alicyclic amines) is 1. The molecule has 0 saturated carbocycles. The molecule has 4 nitrogen and oxygen atoms in total. The van der Waals surface area contributed by atoms with E-state index in [9.17, 15) is 4.79 Å². The van der Waals surface area contributed by atoms with Gasteiger partial charge in [0.2, 0.25) is 0 Å². The summed E-state index contributed by atoms with van der Waals surface area (Å²) in [6.45, 7) is 5.77. The van der Waals surface area contributed by atoms with Gasteiger partial charge in [0.1, 0.15) is 6.54 Å². The zero-order valence-electron chi connectivity index (χ0n) is 10.3. The maximum Gasteiger partial charge on any atom is 0.321 e. The van der Waals surface area contributed by atoms with E-state index in [1.807, 2.05) is 18.7 Å². The number of amides is 2. The maximum atomic E-state index is 12.2. The highest BCUT2D eigenvalue weighted by Crippen LogP contribution is 2.12. The van der Waals surface area contributed by atoms with Gasteiger partial charge in [0.25, 0.3) is 0 Å². The van der Waals surface area contributed by atoms with Crippen molar-refractivity contribution in [3.63, 3.8) is 0 Å². The summed E-state index contributed by atoms with van der Waals surface area (Å²) < 4.78 is 0. The third-order valence-corrected chi connectivity index (χ3v) is 2.99. The number of rotatable bonds is 2. The number of carbonyl (C=O) groups excluding carboxylic acids is 1. The highest BCUT2D eigenvalue weighted by atomic mass is 16.2. The molecule has 1 heterocycles. The molecular formula is C12H21N3O. The first kappa shape index (κ1) is 12.8. The van der Waals surface area contributed by atoms with Crippen LogP contribution in [0.15, 0.2) is 0 Å². The van der Waals surface area contributed by atoms with E-state index in [4.69, 9.17) is 5.26 Å². The quantitative estimate of drug-likeness (QED) is 0.674. The Balaban J connectivity index is 2.61. The summed E-state index contributed by atoms with van der Waals surface area (Å²) in [5.74, 6) is 0. The molecule has 0 aromatic carbocycles. The Kier molecular flexibility index (Phi) is 5.10. The molecule has 1 fully saturated rings. The van der Waals surface area contributed by atoms with Crippen LogP contribution in [0.1, 0.15) is 39.5 Å². The molecule has 0 aromatic rings. The number of nitriles is 1. The smallest absolute Gasteiger partial charge is 0.321 e. The molecule has 1 aliphatic heterocycles. The lowest BCUT2D eigenvalue weighted by atomic mass is 10.2. The van der Waals surface area contributed by atoms with Crippen molar-refractivity contribution >= 4 is 6.03 Å². The Morgan fingerprint density at radius 3 is 2.31 bits per heavy atom. The van der Waals surface area contributed by atoms with Crippen molar-refractivity contribution in [1.82, 2.24) is 9.80 Å². The monoisotopic (exact) mass is 223 g/mol. The molecule has 90 valence electrons. The highest BCUT2D eigenvalue weighted by Gasteiger charge is 2.23. The van der Waals surface area contributed by atoms with Crippen molar-refractivity contribution in [3.8, 4) is 6.07 Å². The molecule has 2 amide bonds. The van der Waals surface area contributed by atoms with Crippen LogP contribution in [0.25, 0.3) is 0 Å². The Labute approximate surface area is 97.8 Å². The molecule has 0 radical (unpaired) electrons. The lowest BCUT2D eigenvalue weighted by molar-refractivity contribution is 0.148. The lowest BCUT2D eigenvalue weighted by Crippen LogP contribution is -2.46. The molecule has 0 atom stereocenters. The third kappa shape index (κ3) is 3.41. The Hall–Kier alpha value is -1.24. The predicted octanol–water partition coefficient (Wildman–Crippen LogP) is 2.22. The Bertz CT molecular complexity index is 262. The van der Waals surface area contributed by atoms with E-state index >= 15 is 0 Å². The fraction of sp³-hybridized carbons (Fsp3) is 0.833. The van der Waals surface area contributed by atoms with Gasteiger partial charge in [-0.15, -0.1) is 0 Å².